The van der Waals surface area contributed by atoms with Gasteiger partial charge in [0.05, 0.1) is 11.9 Å². The first-order chi connectivity index (χ1) is 8.20. The third kappa shape index (κ3) is 5.79. The van der Waals surface area contributed by atoms with Gasteiger partial charge in [-0.15, -0.1) is 0 Å². The summed E-state index contributed by atoms with van der Waals surface area (Å²) in [7, 11) is -3.44. The summed E-state index contributed by atoms with van der Waals surface area (Å²) in [6.07, 6.45) is 1.61. The van der Waals surface area contributed by atoms with Crippen molar-refractivity contribution < 1.29 is 23.1 Å². The van der Waals surface area contributed by atoms with Crippen LogP contribution in [0.3, 0.4) is 0 Å². The molecular weight excluding hydrogens is 258 g/mol. The van der Waals surface area contributed by atoms with Gasteiger partial charge in [0.25, 0.3) is 0 Å². The highest BCUT2D eigenvalue weighted by atomic mass is 32.2. The molecule has 2 N–H and O–H groups in total. The number of nitrogens with one attached hydrogen (secondary N) is 1. The summed E-state index contributed by atoms with van der Waals surface area (Å²) in [5.41, 5.74) is -0.754. The summed E-state index contributed by atoms with van der Waals surface area (Å²) >= 11 is 0. The fraction of sp³-hybridized carbons (Fsp3) is 0.909. The number of rotatable bonds is 7. The third-order valence-electron chi connectivity index (χ3n) is 2.82. The van der Waals surface area contributed by atoms with E-state index in [1.54, 1.807) is 13.8 Å². The van der Waals surface area contributed by atoms with E-state index in [1.807, 2.05) is 0 Å². The molecule has 0 spiro atoms. The maximum atomic E-state index is 11.9. The molecule has 1 atom stereocenters. The fourth-order valence-corrected chi connectivity index (χ4v) is 3.73. The van der Waals surface area contributed by atoms with Crippen molar-refractivity contribution in [1.29, 1.82) is 0 Å². The lowest BCUT2D eigenvalue weighted by atomic mass is 10.0. The van der Waals surface area contributed by atoms with Gasteiger partial charge in [0.1, 0.15) is 0 Å². The largest absolute Gasteiger partial charge is 0.481 e. The molecule has 0 bridgehead atoms. The van der Waals surface area contributed by atoms with E-state index in [0.29, 0.717) is 6.61 Å². The zero-order valence-electron chi connectivity index (χ0n) is 10.8. The van der Waals surface area contributed by atoms with Gasteiger partial charge in [-0.25, -0.2) is 13.1 Å². The van der Waals surface area contributed by atoms with E-state index in [-0.39, 0.29) is 24.7 Å². The summed E-state index contributed by atoms with van der Waals surface area (Å²) in [6, 6.07) is 0. The first-order valence-electron chi connectivity index (χ1n) is 6.05. The second kappa shape index (κ2) is 5.99. The Balaban J connectivity index is 2.49. The Hall–Kier alpha value is -0.660. The van der Waals surface area contributed by atoms with Crippen molar-refractivity contribution in [2.24, 2.45) is 0 Å². The lowest BCUT2D eigenvalue weighted by Gasteiger charge is -2.26. The molecule has 1 saturated heterocycles. The second-order valence-corrected chi connectivity index (χ2v) is 7.06. The summed E-state index contributed by atoms with van der Waals surface area (Å²) in [6.45, 7) is 3.98. The van der Waals surface area contributed by atoms with E-state index in [9.17, 15) is 13.2 Å². The number of hydrogen-bond donors (Lipinski definition) is 2. The highest BCUT2D eigenvalue weighted by Crippen LogP contribution is 2.17. The minimum atomic E-state index is -3.44. The molecule has 0 aliphatic carbocycles. The van der Waals surface area contributed by atoms with Crippen LogP contribution in [0.4, 0.5) is 0 Å². The Kier molecular flexibility index (Phi) is 5.12. The van der Waals surface area contributed by atoms with Crippen LogP contribution in [0.1, 0.15) is 39.5 Å². The van der Waals surface area contributed by atoms with E-state index in [4.69, 9.17) is 9.84 Å². The molecule has 6 nitrogen and oxygen atoms in total. The molecule has 0 amide bonds. The minimum Gasteiger partial charge on any atom is -0.481 e. The first-order valence-corrected chi connectivity index (χ1v) is 7.70. The molecular formula is C11H21NO5S. The van der Waals surface area contributed by atoms with E-state index in [0.717, 1.165) is 12.8 Å². The zero-order valence-corrected chi connectivity index (χ0v) is 11.6. The van der Waals surface area contributed by atoms with Crippen LogP contribution >= 0.6 is 0 Å². The lowest BCUT2D eigenvalue weighted by Crippen LogP contribution is -2.46. The molecule has 0 aromatic rings. The van der Waals surface area contributed by atoms with Crippen LogP contribution in [-0.4, -0.2) is 43.5 Å². The van der Waals surface area contributed by atoms with E-state index >= 15 is 0 Å². The molecule has 7 heteroatoms. The van der Waals surface area contributed by atoms with Gasteiger partial charge in [0.15, 0.2) is 0 Å². The van der Waals surface area contributed by atoms with Gasteiger partial charge in [-0.2, -0.15) is 0 Å². The number of ether oxygens (including phenoxy) is 1. The zero-order chi connectivity index (χ0) is 13.8. The van der Waals surface area contributed by atoms with Crippen LogP contribution in [0.5, 0.6) is 0 Å². The normalized spacial score (nSPS) is 21.1. The Morgan fingerprint density at radius 3 is 2.67 bits per heavy atom. The molecule has 0 radical (unpaired) electrons. The molecule has 1 unspecified atom stereocenters. The molecule has 1 heterocycles. The molecule has 1 rings (SSSR count). The number of aliphatic carboxylic acids is 1. The van der Waals surface area contributed by atoms with Crippen molar-refractivity contribution in [3.63, 3.8) is 0 Å². The van der Waals surface area contributed by atoms with Crippen LogP contribution in [0.15, 0.2) is 0 Å². The van der Waals surface area contributed by atoms with Crippen LogP contribution in [0, 0.1) is 0 Å². The van der Waals surface area contributed by atoms with Crippen molar-refractivity contribution in [3.8, 4) is 0 Å². The standard InChI is InChI=1S/C11H21NO5S/c1-11(2,6-5-10(13)14)12-18(15,16)8-9-4-3-7-17-9/h9,12H,3-8H2,1-2H3,(H,13,14). The van der Waals surface area contributed by atoms with Gasteiger partial charge in [-0.05, 0) is 33.1 Å². The topological polar surface area (TPSA) is 92.7 Å². The molecule has 1 fully saturated rings. The minimum absolute atomic E-state index is 0.0521. The Morgan fingerprint density at radius 2 is 2.17 bits per heavy atom. The molecule has 0 aromatic carbocycles. The molecule has 0 aromatic heterocycles. The average Bonchev–Trinajstić information content (AvgIpc) is 2.64. The number of carboxylic acids is 1. The molecule has 1 aliphatic heterocycles. The highest BCUT2D eigenvalue weighted by Gasteiger charge is 2.29. The number of carboxylic acid groups (broad SMARTS) is 1. The average molecular weight is 279 g/mol. The Bertz CT molecular complexity index is 384. The highest BCUT2D eigenvalue weighted by molar-refractivity contribution is 7.89. The fourth-order valence-electron chi connectivity index (χ4n) is 1.95. The Morgan fingerprint density at radius 1 is 1.50 bits per heavy atom. The third-order valence-corrected chi connectivity index (χ3v) is 4.50. The smallest absolute Gasteiger partial charge is 0.303 e. The van der Waals surface area contributed by atoms with Crippen LogP contribution in [-0.2, 0) is 19.6 Å². The first kappa shape index (κ1) is 15.4. The van der Waals surface area contributed by atoms with Crippen molar-refractivity contribution in [1.82, 2.24) is 4.72 Å². The van der Waals surface area contributed by atoms with Gasteiger partial charge >= 0.3 is 5.97 Å². The summed E-state index contributed by atoms with van der Waals surface area (Å²) < 4.78 is 31.6. The van der Waals surface area contributed by atoms with Crippen LogP contribution < -0.4 is 4.72 Å². The van der Waals surface area contributed by atoms with Crippen LogP contribution in [0.2, 0.25) is 0 Å². The lowest BCUT2D eigenvalue weighted by molar-refractivity contribution is -0.137. The van der Waals surface area contributed by atoms with E-state index in [1.165, 1.54) is 0 Å². The van der Waals surface area contributed by atoms with Gasteiger partial charge in [-0.3, -0.25) is 4.79 Å². The van der Waals surface area contributed by atoms with Crippen LogP contribution in [0.25, 0.3) is 0 Å². The molecule has 0 saturated carbocycles. The molecule has 106 valence electrons. The van der Waals surface area contributed by atoms with E-state index < -0.39 is 21.5 Å². The van der Waals surface area contributed by atoms with Gasteiger partial charge in [0.2, 0.25) is 10.0 Å². The van der Waals surface area contributed by atoms with Gasteiger partial charge < -0.3 is 9.84 Å². The molecule has 18 heavy (non-hydrogen) atoms. The van der Waals surface area contributed by atoms with Crippen molar-refractivity contribution in [2.45, 2.75) is 51.2 Å². The Labute approximate surface area is 108 Å². The van der Waals surface area contributed by atoms with Crippen molar-refractivity contribution in [2.75, 3.05) is 12.4 Å². The van der Waals surface area contributed by atoms with Crippen molar-refractivity contribution >= 4 is 16.0 Å². The molecule has 1 aliphatic rings. The quantitative estimate of drug-likeness (QED) is 0.716. The predicted molar refractivity (Wildman–Crippen MR) is 66.8 cm³/mol. The monoisotopic (exact) mass is 279 g/mol. The summed E-state index contributed by atoms with van der Waals surface area (Å²) in [5, 5.41) is 8.61. The van der Waals surface area contributed by atoms with E-state index in [2.05, 4.69) is 4.72 Å². The van der Waals surface area contributed by atoms with Crippen molar-refractivity contribution in [3.05, 3.63) is 0 Å². The number of hydrogen-bond acceptors (Lipinski definition) is 4. The predicted octanol–water partition coefficient (Wildman–Crippen LogP) is 0.728. The van der Waals surface area contributed by atoms with Gasteiger partial charge in [-0.1, -0.05) is 0 Å². The van der Waals surface area contributed by atoms with Gasteiger partial charge in [0, 0.05) is 18.6 Å². The summed E-state index contributed by atoms with van der Waals surface area (Å²) in [5.74, 6) is -0.981. The number of sulfonamides is 1. The number of carbonyl (C=O) groups is 1. The maximum absolute atomic E-state index is 11.9. The summed E-state index contributed by atoms with van der Waals surface area (Å²) in [4.78, 5) is 10.5. The SMILES string of the molecule is CC(C)(CCC(=O)O)NS(=O)(=O)CC1CCCO1. The second-order valence-electron chi connectivity index (χ2n) is 5.30. The maximum Gasteiger partial charge on any atom is 0.303 e.